The molecule has 0 radical (unpaired) electrons. The normalized spacial score (nSPS) is 22.1. The average Bonchev–Trinajstić information content (AvgIpc) is 2.77. The van der Waals surface area contributed by atoms with Crippen LogP contribution in [0.25, 0.3) is 0 Å². The van der Waals surface area contributed by atoms with Gasteiger partial charge < -0.3 is 15.4 Å². The van der Waals surface area contributed by atoms with Gasteiger partial charge in [0.05, 0.1) is 11.7 Å². The van der Waals surface area contributed by atoms with Gasteiger partial charge in [-0.15, -0.1) is 13.2 Å². The van der Waals surface area contributed by atoms with E-state index >= 15 is 0 Å². The number of anilines is 1. The van der Waals surface area contributed by atoms with E-state index in [1.165, 1.54) is 12.1 Å². The van der Waals surface area contributed by atoms with Crippen molar-refractivity contribution in [3.05, 3.63) is 22.7 Å². The highest BCUT2D eigenvalue weighted by atomic mass is 79.9. The number of amides is 1. The molecule has 0 bridgehead atoms. The Morgan fingerprint density at radius 1 is 1.48 bits per heavy atom. The molecule has 1 heterocycles. The molecule has 1 saturated heterocycles. The summed E-state index contributed by atoms with van der Waals surface area (Å²) in [5.74, 6) is -0.683. The highest BCUT2D eigenvalue weighted by Crippen LogP contribution is 2.33. The molecule has 116 valence electrons. The predicted octanol–water partition coefficient (Wildman–Crippen LogP) is 3.28. The number of rotatable bonds is 3. The molecule has 4 nitrogen and oxygen atoms in total. The van der Waals surface area contributed by atoms with Gasteiger partial charge in [0, 0.05) is 4.47 Å². The third-order valence-electron chi connectivity index (χ3n) is 3.24. The largest absolute Gasteiger partial charge is 0.573 e. The quantitative estimate of drug-likeness (QED) is 0.862. The summed E-state index contributed by atoms with van der Waals surface area (Å²) >= 11 is 3.07. The third-order valence-corrected chi connectivity index (χ3v) is 3.74. The molecule has 2 N–H and O–H groups in total. The van der Waals surface area contributed by atoms with E-state index in [1.807, 2.05) is 6.92 Å². The van der Waals surface area contributed by atoms with Gasteiger partial charge >= 0.3 is 6.36 Å². The van der Waals surface area contributed by atoms with Crippen LogP contribution in [0.3, 0.4) is 0 Å². The van der Waals surface area contributed by atoms with Crippen molar-refractivity contribution in [2.45, 2.75) is 25.7 Å². The van der Waals surface area contributed by atoms with Crippen LogP contribution in [0.4, 0.5) is 18.9 Å². The number of carbonyl (C=O) groups excluding carboxylic acids is 1. The lowest BCUT2D eigenvalue weighted by Gasteiger charge is -2.18. The molecular formula is C13H14BrF3N2O2. The fourth-order valence-electron chi connectivity index (χ4n) is 2.20. The predicted molar refractivity (Wildman–Crippen MR) is 75.0 cm³/mol. The Morgan fingerprint density at radius 3 is 2.76 bits per heavy atom. The average molecular weight is 367 g/mol. The van der Waals surface area contributed by atoms with Crippen molar-refractivity contribution in [1.29, 1.82) is 0 Å². The van der Waals surface area contributed by atoms with Gasteiger partial charge in [-0.2, -0.15) is 0 Å². The van der Waals surface area contributed by atoms with Crippen molar-refractivity contribution in [1.82, 2.24) is 5.32 Å². The first kappa shape index (κ1) is 16.1. The highest BCUT2D eigenvalue weighted by molar-refractivity contribution is 9.10. The number of halogens is 4. The summed E-state index contributed by atoms with van der Waals surface area (Å²) in [6.45, 7) is 2.63. The Kier molecular flexibility index (Phi) is 4.77. The molecule has 8 heteroatoms. The van der Waals surface area contributed by atoms with E-state index in [-0.39, 0.29) is 17.5 Å². The van der Waals surface area contributed by atoms with Crippen LogP contribution in [-0.2, 0) is 4.79 Å². The SMILES string of the molecule is CC1CCNC1C(=O)Nc1ccc(Br)cc1OC(F)(F)F. The smallest absolute Gasteiger partial charge is 0.404 e. The molecule has 1 amide bonds. The molecule has 0 saturated carbocycles. The molecule has 1 aliphatic heterocycles. The monoisotopic (exact) mass is 366 g/mol. The van der Waals surface area contributed by atoms with Crippen LogP contribution in [0.1, 0.15) is 13.3 Å². The van der Waals surface area contributed by atoms with Gasteiger partial charge in [0.15, 0.2) is 5.75 Å². The number of nitrogens with one attached hydrogen (secondary N) is 2. The number of benzene rings is 1. The van der Waals surface area contributed by atoms with Gasteiger partial charge in [-0.1, -0.05) is 22.9 Å². The van der Waals surface area contributed by atoms with Crippen LogP contribution in [0.2, 0.25) is 0 Å². The van der Waals surface area contributed by atoms with Crippen LogP contribution in [0.15, 0.2) is 22.7 Å². The van der Waals surface area contributed by atoms with E-state index in [9.17, 15) is 18.0 Å². The molecule has 2 atom stereocenters. The lowest BCUT2D eigenvalue weighted by molar-refractivity contribution is -0.274. The van der Waals surface area contributed by atoms with Crippen LogP contribution in [-0.4, -0.2) is 24.9 Å². The summed E-state index contributed by atoms with van der Waals surface area (Å²) in [6, 6.07) is 3.65. The van der Waals surface area contributed by atoms with Gasteiger partial charge in [-0.3, -0.25) is 4.79 Å². The Morgan fingerprint density at radius 2 is 2.19 bits per heavy atom. The van der Waals surface area contributed by atoms with Gasteiger partial charge in [-0.25, -0.2) is 0 Å². The zero-order valence-corrected chi connectivity index (χ0v) is 12.7. The maximum atomic E-state index is 12.4. The second kappa shape index (κ2) is 6.23. The summed E-state index contributed by atoms with van der Waals surface area (Å²) in [4.78, 5) is 12.1. The summed E-state index contributed by atoms with van der Waals surface area (Å²) in [5.41, 5.74) is -0.0126. The molecule has 0 aromatic heterocycles. The molecule has 21 heavy (non-hydrogen) atoms. The van der Waals surface area contributed by atoms with Crippen molar-refractivity contribution >= 4 is 27.5 Å². The van der Waals surface area contributed by atoms with E-state index in [2.05, 4.69) is 31.3 Å². The molecule has 2 rings (SSSR count). The number of alkyl halides is 3. The molecule has 1 aromatic rings. The Bertz CT molecular complexity index is 537. The zero-order chi connectivity index (χ0) is 15.6. The second-order valence-electron chi connectivity index (χ2n) is 4.88. The minimum absolute atomic E-state index is 0.0126. The van der Waals surface area contributed by atoms with Crippen molar-refractivity contribution in [3.63, 3.8) is 0 Å². The topological polar surface area (TPSA) is 50.4 Å². The van der Waals surface area contributed by atoms with Crippen molar-refractivity contribution in [3.8, 4) is 5.75 Å². The molecule has 0 spiro atoms. The minimum Gasteiger partial charge on any atom is -0.404 e. The number of hydrogen-bond donors (Lipinski definition) is 2. The van der Waals surface area contributed by atoms with Gasteiger partial charge in [0.25, 0.3) is 0 Å². The fourth-order valence-corrected chi connectivity index (χ4v) is 2.54. The van der Waals surface area contributed by atoms with Crippen molar-refractivity contribution in [2.75, 3.05) is 11.9 Å². The van der Waals surface area contributed by atoms with Crippen molar-refractivity contribution in [2.24, 2.45) is 5.92 Å². The Hall–Kier alpha value is -1.28. The van der Waals surface area contributed by atoms with E-state index in [4.69, 9.17) is 0 Å². The van der Waals surface area contributed by atoms with Crippen LogP contribution >= 0.6 is 15.9 Å². The van der Waals surface area contributed by atoms with Crippen LogP contribution in [0, 0.1) is 5.92 Å². The second-order valence-corrected chi connectivity index (χ2v) is 5.79. The molecule has 1 aromatic carbocycles. The molecule has 1 aliphatic rings. The first-order chi connectivity index (χ1) is 9.76. The van der Waals surface area contributed by atoms with E-state index in [0.29, 0.717) is 11.0 Å². The summed E-state index contributed by atoms with van der Waals surface area (Å²) < 4.78 is 41.5. The highest BCUT2D eigenvalue weighted by Gasteiger charge is 2.33. The molecule has 0 aliphatic carbocycles. The first-order valence-corrected chi connectivity index (χ1v) is 7.15. The molecular weight excluding hydrogens is 353 g/mol. The van der Waals surface area contributed by atoms with Gasteiger partial charge in [-0.05, 0) is 37.1 Å². The first-order valence-electron chi connectivity index (χ1n) is 6.36. The van der Waals surface area contributed by atoms with E-state index in [1.54, 1.807) is 0 Å². The minimum atomic E-state index is -4.82. The molecule has 1 fully saturated rings. The van der Waals surface area contributed by atoms with Gasteiger partial charge in [0.2, 0.25) is 5.91 Å². The maximum Gasteiger partial charge on any atom is 0.573 e. The van der Waals surface area contributed by atoms with Gasteiger partial charge in [0.1, 0.15) is 0 Å². The van der Waals surface area contributed by atoms with Crippen LogP contribution in [0.5, 0.6) is 5.75 Å². The number of hydrogen-bond acceptors (Lipinski definition) is 3. The standard InChI is InChI=1S/C13H14BrF3N2O2/c1-7-4-5-18-11(7)12(20)19-9-3-2-8(14)6-10(9)21-13(15,16)17/h2-3,6-7,11,18H,4-5H2,1H3,(H,19,20). The summed E-state index contributed by atoms with van der Waals surface area (Å²) in [6.07, 6.45) is -3.97. The third kappa shape index (κ3) is 4.34. The van der Waals surface area contributed by atoms with Crippen LogP contribution < -0.4 is 15.4 Å². The Labute approximate surface area is 128 Å². The Balaban J connectivity index is 2.17. The summed E-state index contributed by atoms with van der Waals surface area (Å²) in [7, 11) is 0. The number of ether oxygens (including phenoxy) is 1. The maximum absolute atomic E-state index is 12.4. The van der Waals surface area contributed by atoms with E-state index in [0.717, 1.165) is 12.5 Å². The van der Waals surface area contributed by atoms with E-state index < -0.39 is 18.2 Å². The van der Waals surface area contributed by atoms with Crippen molar-refractivity contribution < 1.29 is 22.7 Å². The fraction of sp³-hybridized carbons (Fsp3) is 0.462. The summed E-state index contributed by atoms with van der Waals surface area (Å²) in [5, 5.41) is 5.51. The zero-order valence-electron chi connectivity index (χ0n) is 11.1. The lowest BCUT2D eigenvalue weighted by atomic mass is 10.0. The molecule has 2 unspecified atom stereocenters. The number of carbonyl (C=O) groups is 1. The lowest BCUT2D eigenvalue weighted by Crippen LogP contribution is -2.39.